The van der Waals surface area contributed by atoms with Gasteiger partial charge in [-0.2, -0.15) is 0 Å². The summed E-state index contributed by atoms with van der Waals surface area (Å²) < 4.78 is 5.09. The summed E-state index contributed by atoms with van der Waals surface area (Å²) in [5.41, 5.74) is 0. The minimum Gasteiger partial charge on any atom is -0.466 e. The van der Waals surface area contributed by atoms with Gasteiger partial charge in [0.05, 0.1) is 19.1 Å². The molecular weight excluding hydrogens is 312 g/mol. The number of nitrogens with zero attached hydrogens (tertiary/aromatic N) is 2. The topological polar surface area (TPSA) is 49.9 Å². The lowest BCUT2D eigenvalue weighted by Crippen LogP contribution is -2.46. The van der Waals surface area contributed by atoms with Gasteiger partial charge in [-0.3, -0.25) is 14.5 Å². The number of carbonyl (C=O) groups is 2. The van der Waals surface area contributed by atoms with Crippen molar-refractivity contribution in [3.63, 3.8) is 0 Å². The fourth-order valence-electron chi connectivity index (χ4n) is 2.85. The van der Waals surface area contributed by atoms with Gasteiger partial charge in [0.25, 0.3) is 0 Å². The Morgan fingerprint density at radius 2 is 2.30 bits per heavy atom. The van der Waals surface area contributed by atoms with Crippen molar-refractivity contribution >= 4 is 23.2 Å². The van der Waals surface area contributed by atoms with Gasteiger partial charge >= 0.3 is 5.97 Å². The first-order chi connectivity index (χ1) is 11.0. The van der Waals surface area contributed by atoms with Gasteiger partial charge in [-0.25, -0.2) is 0 Å². The third-order valence-corrected chi connectivity index (χ3v) is 5.44. The summed E-state index contributed by atoms with van der Waals surface area (Å²) in [6.45, 7) is 5.90. The van der Waals surface area contributed by atoms with Gasteiger partial charge in [0.15, 0.2) is 0 Å². The van der Waals surface area contributed by atoms with Gasteiger partial charge in [0.2, 0.25) is 5.91 Å². The smallest absolute Gasteiger partial charge is 0.310 e. The van der Waals surface area contributed by atoms with Crippen LogP contribution in [0.1, 0.15) is 37.6 Å². The third kappa shape index (κ3) is 4.78. The number of ether oxygens (including phenoxy) is 1. The number of esters is 1. The normalized spacial score (nSPS) is 19.7. The molecule has 1 aromatic heterocycles. The van der Waals surface area contributed by atoms with Crippen LogP contribution in [0.2, 0.25) is 0 Å². The maximum Gasteiger partial charge on any atom is 0.310 e. The highest BCUT2D eigenvalue weighted by atomic mass is 32.1. The first-order valence-electron chi connectivity index (χ1n) is 8.21. The van der Waals surface area contributed by atoms with E-state index in [-0.39, 0.29) is 23.8 Å². The van der Waals surface area contributed by atoms with Gasteiger partial charge in [0.1, 0.15) is 0 Å². The molecule has 0 radical (unpaired) electrons. The van der Waals surface area contributed by atoms with E-state index in [0.717, 1.165) is 19.4 Å². The molecule has 2 heterocycles. The van der Waals surface area contributed by atoms with Crippen LogP contribution in [0.5, 0.6) is 0 Å². The van der Waals surface area contributed by atoms with Crippen molar-refractivity contribution in [2.75, 3.05) is 33.3 Å². The van der Waals surface area contributed by atoms with Crippen LogP contribution in [0, 0.1) is 5.92 Å². The molecule has 1 aliphatic heterocycles. The molecule has 1 fully saturated rings. The highest BCUT2D eigenvalue weighted by molar-refractivity contribution is 7.10. The van der Waals surface area contributed by atoms with Gasteiger partial charge in [-0.15, -0.1) is 11.3 Å². The minimum absolute atomic E-state index is 0.0879. The lowest BCUT2D eigenvalue weighted by Gasteiger charge is -2.33. The van der Waals surface area contributed by atoms with E-state index < -0.39 is 0 Å². The first-order valence-corrected chi connectivity index (χ1v) is 9.09. The van der Waals surface area contributed by atoms with E-state index in [9.17, 15) is 9.59 Å². The average Bonchev–Trinajstić information content (AvgIpc) is 3.08. The number of likely N-dealkylation sites (N-methyl/N-ethyl adjacent to an activating group) is 1. The fourth-order valence-corrected chi connectivity index (χ4v) is 3.70. The number of hydrogen-bond acceptors (Lipinski definition) is 5. The highest BCUT2D eigenvalue weighted by Crippen LogP contribution is 2.24. The Balaban J connectivity index is 1.88. The lowest BCUT2D eigenvalue weighted by atomic mass is 9.98. The number of likely N-dealkylation sites (tertiary alicyclic amines) is 1. The standard InChI is InChI=1S/C17H26N2O3S/c1-4-22-17(21)14-7-5-9-19(11-14)16(20)12-18(3)13(2)15-8-6-10-23-15/h6,8,10,13-14H,4-5,7,9,11-12H2,1-3H3. The second kappa shape index (κ2) is 8.45. The maximum absolute atomic E-state index is 12.5. The highest BCUT2D eigenvalue weighted by Gasteiger charge is 2.30. The summed E-state index contributed by atoms with van der Waals surface area (Å²) in [5.74, 6) is -0.261. The molecule has 1 amide bonds. The van der Waals surface area contributed by atoms with Crippen molar-refractivity contribution in [2.24, 2.45) is 5.92 Å². The van der Waals surface area contributed by atoms with E-state index in [1.54, 1.807) is 11.3 Å². The van der Waals surface area contributed by atoms with E-state index in [0.29, 0.717) is 19.7 Å². The van der Waals surface area contributed by atoms with Gasteiger partial charge in [-0.05, 0) is 45.2 Å². The number of piperidine rings is 1. The van der Waals surface area contributed by atoms with Crippen LogP contribution < -0.4 is 0 Å². The van der Waals surface area contributed by atoms with Crippen LogP contribution in [0.15, 0.2) is 17.5 Å². The van der Waals surface area contributed by atoms with Crippen molar-refractivity contribution in [3.8, 4) is 0 Å². The van der Waals surface area contributed by atoms with Crippen LogP contribution >= 0.6 is 11.3 Å². The van der Waals surface area contributed by atoms with Crippen molar-refractivity contribution in [3.05, 3.63) is 22.4 Å². The molecule has 2 atom stereocenters. The van der Waals surface area contributed by atoms with Crippen LogP contribution in [0.3, 0.4) is 0 Å². The molecule has 1 saturated heterocycles. The van der Waals surface area contributed by atoms with Crippen molar-refractivity contribution in [1.29, 1.82) is 0 Å². The fraction of sp³-hybridized carbons (Fsp3) is 0.647. The Kier molecular flexibility index (Phi) is 6.59. The molecule has 2 rings (SSSR count). The lowest BCUT2D eigenvalue weighted by molar-refractivity contribution is -0.151. The van der Waals surface area contributed by atoms with Crippen LogP contribution in [-0.4, -0.2) is 55.0 Å². The number of thiophene rings is 1. The average molecular weight is 338 g/mol. The number of rotatable bonds is 6. The molecule has 23 heavy (non-hydrogen) atoms. The molecule has 6 heteroatoms. The molecule has 0 aliphatic carbocycles. The SMILES string of the molecule is CCOC(=O)C1CCCN(C(=O)CN(C)C(C)c2cccs2)C1. The predicted molar refractivity (Wildman–Crippen MR) is 91.3 cm³/mol. The molecule has 2 unspecified atom stereocenters. The van der Waals surface area contributed by atoms with E-state index in [4.69, 9.17) is 4.74 Å². The van der Waals surface area contributed by atoms with Crippen LogP contribution in [-0.2, 0) is 14.3 Å². The zero-order chi connectivity index (χ0) is 16.8. The number of carbonyl (C=O) groups excluding carboxylic acids is 2. The predicted octanol–water partition coefficient (Wildman–Crippen LogP) is 2.54. The van der Waals surface area contributed by atoms with Crippen LogP contribution in [0.4, 0.5) is 0 Å². The van der Waals surface area contributed by atoms with Crippen molar-refractivity contribution in [1.82, 2.24) is 9.80 Å². The van der Waals surface area contributed by atoms with Gasteiger partial charge < -0.3 is 9.64 Å². The monoisotopic (exact) mass is 338 g/mol. The van der Waals surface area contributed by atoms with E-state index in [1.165, 1.54) is 4.88 Å². The number of amides is 1. The zero-order valence-electron chi connectivity index (χ0n) is 14.2. The third-order valence-electron chi connectivity index (χ3n) is 4.39. The second-order valence-electron chi connectivity index (χ2n) is 6.04. The molecule has 0 N–H and O–H groups in total. The van der Waals surface area contributed by atoms with E-state index >= 15 is 0 Å². The zero-order valence-corrected chi connectivity index (χ0v) is 15.0. The molecule has 0 aromatic carbocycles. The summed E-state index contributed by atoms with van der Waals surface area (Å²) in [6.07, 6.45) is 1.67. The van der Waals surface area contributed by atoms with Gasteiger partial charge in [-0.1, -0.05) is 6.07 Å². The summed E-state index contributed by atoms with van der Waals surface area (Å²) >= 11 is 1.70. The largest absolute Gasteiger partial charge is 0.466 e. The molecule has 128 valence electrons. The first kappa shape index (κ1) is 17.9. The molecule has 1 aliphatic rings. The Labute approximate surface area is 142 Å². The molecular formula is C17H26N2O3S. The quantitative estimate of drug-likeness (QED) is 0.748. The number of hydrogen-bond donors (Lipinski definition) is 0. The Hall–Kier alpha value is -1.40. The minimum atomic E-state index is -0.176. The van der Waals surface area contributed by atoms with Crippen molar-refractivity contribution < 1.29 is 14.3 Å². The maximum atomic E-state index is 12.5. The summed E-state index contributed by atoms with van der Waals surface area (Å²) in [5, 5.41) is 2.05. The summed E-state index contributed by atoms with van der Waals surface area (Å²) in [6, 6.07) is 4.33. The van der Waals surface area contributed by atoms with Gasteiger partial charge in [0, 0.05) is 24.0 Å². The second-order valence-corrected chi connectivity index (χ2v) is 7.02. The molecule has 0 spiro atoms. The Morgan fingerprint density at radius 3 is 2.96 bits per heavy atom. The molecule has 0 bridgehead atoms. The molecule has 5 nitrogen and oxygen atoms in total. The Morgan fingerprint density at radius 1 is 1.52 bits per heavy atom. The van der Waals surface area contributed by atoms with E-state index in [1.807, 2.05) is 24.9 Å². The van der Waals surface area contributed by atoms with Crippen LogP contribution in [0.25, 0.3) is 0 Å². The molecule has 0 saturated carbocycles. The summed E-state index contributed by atoms with van der Waals surface area (Å²) in [4.78, 5) is 29.5. The molecule has 1 aromatic rings. The Bertz CT molecular complexity index is 518. The van der Waals surface area contributed by atoms with Crippen molar-refractivity contribution in [2.45, 2.75) is 32.7 Å². The summed E-state index contributed by atoms with van der Waals surface area (Å²) in [7, 11) is 1.97. The van der Waals surface area contributed by atoms with E-state index in [2.05, 4.69) is 23.3 Å².